The molecule has 1 heterocycles. The lowest BCUT2D eigenvalue weighted by molar-refractivity contribution is -0.322. The first-order valence-electron chi connectivity index (χ1n) is 4.03. The highest BCUT2D eigenvalue weighted by molar-refractivity contribution is 7.99. The summed E-state index contributed by atoms with van der Waals surface area (Å²) in [4.78, 5) is 3.91. The van der Waals surface area contributed by atoms with E-state index in [0.717, 1.165) is 11.8 Å². The molecular formula is C8H9F3N2OS. The van der Waals surface area contributed by atoms with Gasteiger partial charge in [-0.05, 0) is 12.1 Å². The minimum absolute atomic E-state index is 0.153. The van der Waals surface area contributed by atoms with Crippen molar-refractivity contribution in [2.24, 2.45) is 0 Å². The van der Waals surface area contributed by atoms with Crippen LogP contribution in [0.5, 0.6) is 0 Å². The van der Waals surface area contributed by atoms with Gasteiger partial charge in [0, 0.05) is 11.9 Å². The molecule has 0 aliphatic carbocycles. The summed E-state index contributed by atoms with van der Waals surface area (Å²) in [5.74, 6) is 0.153. The highest BCUT2D eigenvalue weighted by Gasteiger charge is 2.28. The molecule has 1 rings (SSSR count). The minimum atomic E-state index is -4.57. The van der Waals surface area contributed by atoms with Gasteiger partial charge in [-0.3, -0.25) is 4.74 Å². The third-order valence-corrected chi connectivity index (χ3v) is 2.37. The number of anilines is 1. The van der Waals surface area contributed by atoms with Crippen LogP contribution in [0, 0.1) is 0 Å². The molecule has 0 amide bonds. The van der Waals surface area contributed by atoms with Gasteiger partial charge in [-0.15, -0.1) is 24.9 Å². The maximum absolute atomic E-state index is 11.6. The van der Waals surface area contributed by atoms with Crippen molar-refractivity contribution < 1.29 is 17.9 Å². The zero-order valence-electron chi connectivity index (χ0n) is 7.62. The van der Waals surface area contributed by atoms with Gasteiger partial charge in [-0.2, -0.15) is 0 Å². The van der Waals surface area contributed by atoms with E-state index in [2.05, 4.69) is 9.72 Å². The number of hydrogen-bond donors (Lipinski definition) is 1. The van der Waals surface area contributed by atoms with E-state index in [-0.39, 0.29) is 5.75 Å². The van der Waals surface area contributed by atoms with E-state index in [9.17, 15) is 13.2 Å². The van der Waals surface area contributed by atoms with Crippen molar-refractivity contribution in [3.8, 4) is 0 Å². The van der Waals surface area contributed by atoms with Crippen LogP contribution in [-0.2, 0) is 4.74 Å². The summed E-state index contributed by atoms with van der Waals surface area (Å²) in [6.45, 7) is -0.413. The Hall–Kier alpha value is -0.950. The molecule has 0 aliphatic rings. The molecular weight excluding hydrogens is 229 g/mol. The second-order valence-corrected chi connectivity index (χ2v) is 3.62. The third kappa shape index (κ3) is 4.89. The molecule has 0 saturated heterocycles. The van der Waals surface area contributed by atoms with E-state index in [1.807, 2.05) is 0 Å². The van der Waals surface area contributed by atoms with E-state index in [1.165, 1.54) is 6.20 Å². The summed E-state index contributed by atoms with van der Waals surface area (Å²) in [5.41, 5.74) is 6.00. The fourth-order valence-electron chi connectivity index (χ4n) is 0.820. The maximum atomic E-state index is 11.6. The summed E-state index contributed by atoms with van der Waals surface area (Å²) in [6, 6.07) is 3.30. The molecule has 1 aromatic heterocycles. The van der Waals surface area contributed by atoms with Gasteiger partial charge >= 0.3 is 6.36 Å². The lowest BCUT2D eigenvalue weighted by Crippen LogP contribution is -2.15. The predicted molar refractivity (Wildman–Crippen MR) is 51.4 cm³/mol. The van der Waals surface area contributed by atoms with Gasteiger partial charge in [0.15, 0.2) is 0 Å². The standard InChI is InChI=1S/C8H9F3N2OS/c9-8(10,11)14-4-5-15-7-6(12)2-1-3-13-7/h1-3H,4-5,12H2. The number of nitrogens with two attached hydrogens (primary N) is 1. The monoisotopic (exact) mass is 238 g/mol. The molecule has 15 heavy (non-hydrogen) atoms. The first-order valence-corrected chi connectivity index (χ1v) is 5.01. The Morgan fingerprint density at radius 1 is 1.47 bits per heavy atom. The van der Waals surface area contributed by atoms with E-state index < -0.39 is 13.0 Å². The first kappa shape index (κ1) is 12.1. The molecule has 0 aliphatic heterocycles. The van der Waals surface area contributed by atoms with Gasteiger partial charge < -0.3 is 5.73 Å². The SMILES string of the molecule is Nc1cccnc1SCCOC(F)(F)F. The van der Waals surface area contributed by atoms with Crippen LogP contribution >= 0.6 is 11.8 Å². The van der Waals surface area contributed by atoms with Crippen molar-refractivity contribution >= 4 is 17.4 Å². The summed E-state index contributed by atoms with van der Waals surface area (Å²) in [5, 5.41) is 0.517. The molecule has 3 nitrogen and oxygen atoms in total. The number of ether oxygens (including phenoxy) is 1. The van der Waals surface area contributed by atoms with Crippen LogP contribution in [0.4, 0.5) is 18.9 Å². The Morgan fingerprint density at radius 2 is 2.20 bits per heavy atom. The quantitative estimate of drug-likeness (QED) is 0.645. The Morgan fingerprint density at radius 3 is 2.80 bits per heavy atom. The topological polar surface area (TPSA) is 48.1 Å². The Balaban J connectivity index is 2.30. The molecule has 0 spiro atoms. The number of aromatic nitrogens is 1. The Labute approximate surface area is 88.8 Å². The van der Waals surface area contributed by atoms with Gasteiger partial charge in [0.25, 0.3) is 0 Å². The number of thioether (sulfide) groups is 1. The molecule has 2 N–H and O–H groups in total. The lowest BCUT2D eigenvalue weighted by atomic mass is 10.4. The summed E-state index contributed by atoms with van der Waals surface area (Å²) < 4.78 is 38.4. The number of nitrogen functional groups attached to an aromatic ring is 1. The molecule has 0 unspecified atom stereocenters. The number of nitrogens with zero attached hydrogens (tertiary/aromatic N) is 1. The smallest absolute Gasteiger partial charge is 0.397 e. The average molecular weight is 238 g/mol. The molecule has 0 atom stereocenters. The van der Waals surface area contributed by atoms with Gasteiger partial charge in [0.1, 0.15) is 5.03 Å². The summed E-state index contributed by atoms with van der Waals surface area (Å²) in [7, 11) is 0. The van der Waals surface area contributed by atoms with Crippen LogP contribution in [0.3, 0.4) is 0 Å². The molecule has 0 bridgehead atoms. The van der Waals surface area contributed by atoms with Gasteiger partial charge in [0.05, 0.1) is 12.3 Å². The number of pyridine rings is 1. The van der Waals surface area contributed by atoms with Crippen molar-refractivity contribution in [3.63, 3.8) is 0 Å². The predicted octanol–water partition coefficient (Wildman–Crippen LogP) is 2.29. The van der Waals surface area contributed by atoms with Crippen molar-refractivity contribution in [3.05, 3.63) is 18.3 Å². The lowest BCUT2D eigenvalue weighted by Gasteiger charge is -2.07. The van der Waals surface area contributed by atoms with Crippen LogP contribution in [0.1, 0.15) is 0 Å². The number of hydrogen-bond acceptors (Lipinski definition) is 4. The molecule has 0 saturated carbocycles. The average Bonchev–Trinajstić information content (AvgIpc) is 2.13. The van der Waals surface area contributed by atoms with Crippen LogP contribution in [0.15, 0.2) is 23.4 Å². The van der Waals surface area contributed by atoms with E-state index in [0.29, 0.717) is 10.7 Å². The molecule has 1 aromatic rings. The van der Waals surface area contributed by atoms with Crippen molar-refractivity contribution in [1.29, 1.82) is 0 Å². The van der Waals surface area contributed by atoms with Crippen molar-refractivity contribution in [1.82, 2.24) is 4.98 Å². The molecule has 0 fully saturated rings. The zero-order valence-corrected chi connectivity index (χ0v) is 8.44. The van der Waals surface area contributed by atoms with Crippen LogP contribution in [-0.4, -0.2) is 23.7 Å². The summed E-state index contributed by atoms with van der Waals surface area (Å²) in [6.07, 6.45) is -3.04. The first-order chi connectivity index (χ1) is 6.99. The van der Waals surface area contributed by atoms with Crippen molar-refractivity contribution in [2.75, 3.05) is 18.1 Å². The van der Waals surface area contributed by atoms with Crippen LogP contribution < -0.4 is 5.73 Å². The molecule has 0 aromatic carbocycles. The van der Waals surface area contributed by atoms with E-state index >= 15 is 0 Å². The Kier molecular flexibility index (Phi) is 4.22. The fraction of sp³-hybridized carbons (Fsp3) is 0.375. The van der Waals surface area contributed by atoms with Gasteiger partial charge in [0.2, 0.25) is 0 Å². The maximum Gasteiger partial charge on any atom is 0.522 e. The van der Waals surface area contributed by atoms with E-state index in [1.54, 1.807) is 12.1 Å². The largest absolute Gasteiger partial charge is 0.522 e. The van der Waals surface area contributed by atoms with Gasteiger partial charge in [-0.1, -0.05) is 0 Å². The number of rotatable bonds is 4. The zero-order chi connectivity index (χ0) is 11.3. The highest BCUT2D eigenvalue weighted by atomic mass is 32.2. The van der Waals surface area contributed by atoms with E-state index in [4.69, 9.17) is 5.73 Å². The third-order valence-electron chi connectivity index (χ3n) is 1.39. The van der Waals surface area contributed by atoms with Gasteiger partial charge in [-0.25, -0.2) is 4.98 Å². The normalized spacial score (nSPS) is 11.7. The molecule has 0 radical (unpaired) electrons. The molecule has 84 valence electrons. The Bertz CT molecular complexity index is 319. The van der Waals surface area contributed by atoms with Crippen molar-refractivity contribution in [2.45, 2.75) is 11.4 Å². The number of halogens is 3. The highest BCUT2D eigenvalue weighted by Crippen LogP contribution is 2.22. The second-order valence-electron chi connectivity index (χ2n) is 2.54. The molecule has 7 heteroatoms. The van der Waals surface area contributed by atoms with Crippen LogP contribution in [0.25, 0.3) is 0 Å². The number of alkyl halides is 3. The minimum Gasteiger partial charge on any atom is -0.397 e. The van der Waals surface area contributed by atoms with Crippen LogP contribution in [0.2, 0.25) is 0 Å². The second kappa shape index (κ2) is 5.22. The summed E-state index contributed by atoms with van der Waals surface area (Å²) >= 11 is 1.13. The fourth-order valence-corrected chi connectivity index (χ4v) is 1.55.